The number of benzene rings is 1. The van der Waals surface area contributed by atoms with Gasteiger partial charge in [0.25, 0.3) is 0 Å². The predicted octanol–water partition coefficient (Wildman–Crippen LogP) is 1.28. The Morgan fingerprint density at radius 1 is 1.37 bits per heavy atom. The highest BCUT2D eigenvalue weighted by atomic mass is 35.5. The van der Waals surface area contributed by atoms with Gasteiger partial charge >= 0.3 is 0 Å². The fraction of sp³-hybridized carbons (Fsp3) is 0.500. The second-order valence-electron chi connectivity index (χ2n) is 4.56. The van der Waals surface area contributed by atoms with Gasteiger partial charge in [-0.1, -0.05) is 11.6 Å². The number of ether oxygens (including phenoxy) is 1. The minimum atomic E-state index is -2.87. The lowest BCUT2D eigenvalue weighted by molar-refractivity contribution is 0.286. The van der Waals surface area contributed by atoms with Gasteiger partial charge in [0.05, 0.1) is 23.6 Å². The van der Waals surface area contributed by atoms with E-state index >= 15 is 0 Å². The summed E-state index contributed by atoms with van der Waals surface area (Å²) in [6.45, 7) is 1.62. The van der Waals surface area contributed by atoms with E-state index in [2.05, 4.69) is 0 Å². The predicted molar refractivity (Wildman–Crippen MR) is 73.6 cm³/mol. The van der Waals surface area contributed by atoms with E-state index in [1.807, 2.05) is 4.90 Å². The van der Waals surface area contributed by atoms with Crippen LogP contribution in [0.4, 0.5) is 0 Å². The van der Waals surface area contributed by atoms with Gasteiger partial charge in [-0.3, -0.25) is 4.90 Å². The summed E-state index contributed by atoms with van der Waals surface area (Å²) in [5.41, 5.74) is 0.888. The molecule has 0 amide bonds. The summed E-state index contributed by atoms with van der Waals surface area (Å²) in [5, 5.41) is 9.88. The average molecular weight is 306 g/mol. The first-order chi connectivity index (χ1) is 8.91. The number of nitrogens with zero attached hydrogens (tertiary/aromatic N) is 1. The van der Waals surface area contributed by atoms with E-state index in [1.54, 1.807) is 12.1 Å². The fourth-order valence-corrected chi connectivity index (χ4v) is 3.55. The molecule has 2 rings (SSSR count). The lowest BCUT2D eigenvalue weighted by atomic mass is 10.2. The van der Waals surface area contributed by atoms with E-state index in [-0.39, 0.29) is 22.3 Å². The summed E-state index contributed by atoms with van der Waals surface area (Å²) in [6, 6.07) is 3.38. The number of methoxy groups -OCH3 is 1. The highest BCUT2D eigenvalue weighted by Crippen LogP contribution is 2.35. The Morgan fingerprint density at radius 2 is 2.00 bits per heavy atom. The van der Waals surface area contributed by atoms with Gasteiger partial charge in [-0.05, 0) is 17.7 Å². The number of phenols is 1. The second-order valence-corrected chi connectivity index (χ2v) is 7.27. The summed E-state index contributed by atoms with van der Waals surface area (Å²) in [6.07, 6.45) is 0. The number of hydrogen-bond acceptors (Lipinski definition) is 5. The standard InChI is InChI=1S/C12H16ClNO4S/c1-18-11-7-9(6-10(13)12(11)15)8-14-2-4-19(16,17)5-3-14/h6-7,15H,2-5,8H2,1H3. The molecule has 0 unspecified atom stereocenters. The van der Waals surface area contributed by atoms with Crippen LogP contribution in [0.2, 0.25) is 5.02 Å². The van der Waals surface area contributed by atoms with Gasteiger partial charge in [0.2, 0.25) is 0 Å². The minimum Gasteiger partial charge on any atom is -0.503 e. The summed E-state index contributed by atoms with van der Waals surface area (Å²) < 4.78 is 27.7. The molecule has 0 atom stereocenters. The lowest BCUT2D eigenvalue weighted by Gasteiger charge is -2.26. The Labute approximate surface area is 117 Å². The van der Waals surface area contributed by atoms with Crippen molar-refractivity contribution in [2.75, 3.05) is 31.7 Å². The molecule has 0 saturated carbocycles. The van der Waals surface area contributed by atoms with Gasteiger partial charge in [-0.2, -0.15) is 0 Å². The molecule has 0 bridgehead atoms. The first-order valence-electron chi connectivity index (χ1n) is 5.89. The molecule has 1 saturated heterocycles. The topological polar surface area (TPSA) is 66.8 Å². The molecule has 19 heavy (non-hydrogen) atoms. The summed E-state index contributed by atoms with van der Waals surface area (Å²) >= 11 is 5.92. The number of sulfone groups is 1. The largest absolute Gasteiger partial charge is 0.503 e. The van der Waals surface area contributed by atoms with Gasteiger partial charge in [0, 0.05) is 19.6 Å². The summed E-state index contributed by atoms with van der Waals surface area (Å²) in [7, 11) is -1.41. The third-order valence-corrected chi connectivity index (χ3v) is 5.05. The second kappa shape index (κ2) is 5.56. The maximum Gasteiger partial charge on any atom is 0.176 e. The van der Waals surface area contributed by atoms with E-state index < -0.39 is 9.84 Å². The molecule has 0 spiro atoms. The van der Waals surface area contributed by atoms with Crippen LogP contribution in [0.25, 0.3) is 0 Å². The smallest absolute Gasteiger partial charge is 0.176 e. The van der Waals surface area contributed by atoms with E-state index in [0.29, 0.717) is 25.4 Å². The van der Waals surface area contributed by atoms with Crippen LogP contribution in [0, 0.1) is 0 Å². The number of rotatable bonds is 3. The molecule has 1 aromatic carbocycles. The van der Waals surface area contributed by atoms with Crippen molar-refractivity contribution >= 4 is 21.4 Å². The Bertz CT molecular complexity index is 559. The van der Waals surface area contributed by atoms with Crippen LogP contribution in [-0.2, 0) is 16.4 Å². The Kier molecular flexibility index (Phi) is 4.23. The molecule has 1 fully saturated rings. The van der Waals surface area contributed by atoms with Crippen molar-refractivity contribution in [3.63, 3.8) is 0 Å². The molecule has 0 aromatic heterocycles. The molecule has 0 radical (unpaired) electrons. The maximum absolute atomic E-state index is 11.3. The molecule has 7 heteroatoms. The van der Waals surface area contributed by atoms with Gasteiger partial charge in [-0.15, -0.1) is 0 Å². The molecule has 1 heterocycles. The summed E-state index contributed by atoms with van der Waals surface area (Å²) in [4.78, 5) is 2.04. The fourth-order valence-electron chi connectivity index (χ4n) is 2.04. The van der Waals surface area contributed by atoms with Crippen LogP contribution in [-0.4, -0.2) is 50.1 Å². The normalized spacial score (nSPS) is 19.3. The van der Waals surface area contributed by atoms with Gasteiger partial charge in [0.15, 0.2) is 21.3 Å². The minimum absolute atomic E-state index is 0.0749. The monoisotopic (exact) mass is 305 g/mol. The first-order valence-corrected chi connectivity index (χ1v) is 8.09. The Balaban J connectivity index is 2.10. The SMILES string of the molecule is COc1cc(CN2CCS(=O)(=O)CC2)cc(Cl)c1O. The zero-order chi connectivity index (χ0) is 14.0. The van der Waals surface area contributed by atoms with Crippen molar-refractivity contribution in [3.05, 3.63) is 22.7 Å². The third-order valence-electron chi connectivity index (χ3n) is 3.15. The molecule has 1 N–H and O–H groups in total. The van der Waals surface area contributed by atoms with Crippen LogP contribution >= 0.6 is 11.6 Å². The molecule has 1 aliphatic rings. The van der Waals surface area contributed by atoms with Crippen molar-refractivity contribution in [2.24, 2.45) is 0 Å². The lowest BCUT2D eigenvalue weighted by Crippen LogP contribution is -2.39. The van der Waals surface area contributed by atoms with Gasteiger partial charge < -0.3 is 9.84 Å². The van der Waals surface area contributed by atoms with Crippen LogP contribution in [0.3, 0.4) is 0 Å². The van der Waals surface area contributed by atoms with E-state index in [1.165, 1.54) is 7.11 Å². The number of halogens is 1. The molecule has 1 aromatic rings. The van der Waals surface area contributed by atoms with Crippen molar-refractivity contribution in [1.29, 1.82) is 0 Å². The molecular formula is C12H16ClNO4S. The third kappa shape index (κ3) is 3.52. The maximum atomic E-state index is 11.3. The zero-order valence-electron chi connectivity index (χ0n) is 10.6. The molecule has 106 valence electrons. The number of hydrogen-bond donors (Lipinski definition) is 1. The number of phenolic OH excluding ortho intramolecular Hbond substituents is 1. The van der Waals surface area contributed by atoms with Crippen LogP contribution < -0.4 is 4.74 Å². The quantitative estimate of drug-likeness (QED) is 0.911. The van der Waals surface area contributed by atoms with Crippen LogP contribution in [0.1, 0.15) is 5.56 Å². The molecular weight excluding hydrogens is 290 g/mol. The van der Waals surface area contributed by atoms with Crippen molar-refractivity contribution < 1.29 is 18.3 Å². The van der Waals surface area contributed by atoms with E-state index in [0.717, 1.165) is 5.56 Å². The van der Waals surface area contributed by atoms with Crippen molar-refractivity contribution in [1.82, 2.24) is 4.90 Å². The molecule has 5 nitrogen and oxygen atoms in total. The van der Waals surface area contributed by atoms with Crippen LogP contribution in [0.15, 0.2) is 12.1 Å². The Hall–Kier alpha value is -0.980. The molecule has 1 aliphatic heterocycles. The zero-order valence-corrected chi connectivity index (χ0v) is 12.2. The highest BCUT2D eigenvalue weighted by Gasteiger charge is 2.22. The number of aromatic hydroxyl groups is 1. The Morgan fingerprint density at radius 3 is 2.58 bits per heavy atom. The average Bonchev–Trinajstić information content (AvgIpc) is 2.36. The van der Waals surface area contributed by atoms with Crippen LogP contribution in [0.5, 0.6) is 11.5 Å². The van der Waals surface area contributed by atoms with Gasteiger partial charge in [0.1, 0.15) is 0 Å². The highest BCUT2D eigenvalue weighted by molar-refractivity contribution is 7.91. The van der Waals surface area contributed by atoms with Crippen molar-refractivity contribution in [3.8, 4) is 11.5 Å². The van der Waals surface area contributed by atoms with E-state index in [4.69, 9.17) is 16.3 Å². The first kappa shape index (κ1) is 14.4. The van der Waals surface area contributed by atoms with E-state index in [9.17, 15) is 13.5 Å². The molecule has 0 aliphatic carbocycles. The van der Waals surface area contributed by atoms with Crippen molar-refractivity contribution in [2.45, 2.75) is 6.54 Å². The van der Waals surface area contributed by atoms with Gasteiger partial charge in [-0.25, -0.2) is 8.42 Å². The summed E-state index contributed by atoms with van der Waals surface area (Å²) in [5.74, 6) is 0.632.